The van der Waals surface area contributed by atoms with Crippen molar-refractivity contribution in [2.45, 2.75) is 123 Å². The zero-order valence-corrected chi connectivity index (χ0v) is 29.9. The number of ether oxygens (including phenoxy) is 1. The second-order valence-corrected chi connectivity index (χ2v) is 19.4. The van der Waals surface area contributed by atoms with Crippen molar-refractivity contribution in [2.24, 2.45) is 7.05 Å². The van der Waals surface area contributed by atoms with Crippen LogP contribution in [0.4, 0.5) is 10.2 Å². The molecule has 0 bridgehead atoms. The molecule has 2 aliphatic heterocycles. The summed E-state index contributed by atoms with van der Waals surface area (Å²) in [5.41, 5.74) is 3.72. The first-order chi connectivity index (χ1) is 21.3. The topological polar surface area (TPSA) is 64.8 Å². The van der Waals surface area contributed by atoms with Gasteiger partial charge in [-0.05, 0) is 86.5 Å². The molecule has 2 saturated heterocycles. The monoisotopic (exact) mass is 639 g/mol. The Morgan fingerprint density at radius 2 is 1.82 bits per heavy atom. The summed E-state index contributed by atoms with van der Waals surface area (Å²) in [7, 11) is -0.168. The molecule has 2 unspecified atom stereocenters. The van der Waals surface area contributed by atoms with Gasteiger partial charge in [-0.15, -0.1) is 0 Å². The summed E-state index contributed by atoms with van der Waals surface area (Å²) in [6.07, 6.45) is 4.81. The summed E-state index contributed by atoms with van der Waals surface area (Å²) in [4.78, 5) is 18.0. The van der Waals surface area contributed by atoms with E-state index in [-0.39, 0.29) is 40.8 Å². The van der Waals surface area contributed by atoms with Crippen LogP contribution in [0.25, 0.3) is 11.0 Å². The zero-order chi connectivity index (χ0) is 32.7. The van der Waals surface area contributed by atoms with Gasteiger partial charge in [0.1, 0.15) is 16.9 Å². The molecule has 0 N–H and O–H groups in total. The predicted molar refractivity (Wildman–Crippen MR) is 183 cm³/mol. The maximum Gasteiger partial charge on any atom is 0.250 e. The van der Waals surface area contributed by atoms with Crippen molar-refractivity contribution in [2.75, 3.05) is 24.6 Å². The molecule has 3 aromatic rings. The standard InChI is InChI=1S/C35H54FN5O3Si/c1-10-27-22-40(34-33-30(17-18-31(42)38(33)7)37-41(34)32-14-12-13-19-43-32)28(11-2)21-39(27)24(3)29-16-15-26(36)20-25(29)23-44-45(8,9)35(4,5)6/h15-18,20,24,27-28,32H,10-14,19,21-23H2,1-9H3/t24?,27-,28+,32?/m1/s1. The van der Waals surface area contributed by atoms with Gasteiger partial charge in [0.25, 0.3) is 5.56 Å². The molecule has 2 fully saturated rings. The van der Waals surface area contributed by atoms with Crippen LogP contribution in [0, 0.1) is 5.82 Å². The Kier molecular flexibility index (Phi) is 9.99. The molecule has 10 heteroatoms. The number of nitrogens with zero attached hydrogens (tertiary/aromatic N) is 5. The predicted octanol–water partition coefficient (Wildman–Crippen LogP) is 7.54. The van der Waals surface area contributed by atoms with Crippen LogP contribution in [0.5, 0.6) is 0 Å². The molecule has 0 amide bonds. The van der Waals surface area contributed by atoms with Gasteiger partial charge in [0.15, 0.2) is 20.4 Å². The molecule has 0 saturated carbocycles. The van der Waals surface area contributed by atoms with Crippen molar-refractivity contribution in [3.8, 4) is 0 Å². The highest BCUT2D eigenvalue weighted by Gasteiger charge is 2.40. The molecule has 0 spiro atoms. The van der Waals surface area contributed by atoms with Gasteiger partial charge in [-0.25, -0.2) is 9.07 Å². The molecular weight excluding hydrogens is 586 g/mol. The van der Waals surface area contributed by atoms with Crippen LogP contribution in [0.2, 0.25) is 18.1 Å². The van der Waals surface area contributed by atoms with Crippen molar-refractivity contribution in [1.29, 1.82) is 0 Å². The quantitative estimate of drug-likeness (QED) is 0.226. The first-order valence-corrected chi connectivity index (χ1v) is 19.8. The highest BCUT2D eigenvalue weighted by molar-refractivity contribution is 6.74. The fourth-order valence-electron chi connectivity index (χ4n) is 6.80. The number of rotatable bonds is 9. The number of pyridine rings is 1. The van der Waals surface area contributed by atoms with Crippen molar-refractivity contribution < 1.29 is 13.6 Å². The van der Waals surface area contributed by atoms with E-state index in [2.05, 4.69) is 69.1 Å². The summed E-state index contributed by atoms with van der Waals surface area (Å²) in [6.45, 7) is 20.7. The van der Waals surface area contributed by atoms with Crippen molar-refractivity contribution in [3.63, 3.8) is 0 Å². The van der Waals surface area contributed by atoms with Gasteiger partial charge in [0, 0.05) is 50.9 Å². The number of benzene rings is 1. The minimum atomic E-state index is -2.02. The number of hydrogen-bond donors (Lipinski definition) is 0. The summed E-state index contributed by atoms with van der Waals surface area (Å²) < 4.78 is 31.3. The average Bonchev–Trinajstić information content (AvgIpc) is 3.41. The molecule has 5 rings (SSSR count). The van der Waals surface area contributed by atoms with Gasteiger partial charge in [0.05, 0.1) is 6.61 Å². The van der Waals surface area contributed by atoms with Crippen LogP contribution in [-0.2, 0) is 22.8 Å². The van der Waals surface area contributed by atoms with E-state index in [9.17, 15) is 9.18 Å². The molecule has 0 aliphatic carbocycles. The van der Waals surface area contributed by atoms with Crippen molar-refractivity contribution >= 4 is 25.2 Å². The van der Waals surface area contributed by atoms with Crippen LogP contribution in [0.1, 0.15) is 97.0 Å². The summed E-state index contributed by atoms with van der Waals surface area (Å²) in [5, 5.41) is 5.12. The number of halogens is 1. The molecule has 0 radical (unpaired) electrons. The lowest BCUT2D eigenvalue weighted by molar-refractivity contribution is -0.0386. The Bertz CT molecular complexity index is 1540. The number of aromatic nitrogens is 3. The molecule has 4 atom stereocenters. The molecule has 248 valence electrons. The zero-order valence-electron chi connectivity index (χ0n) is 28.9. The van der Waals surface area contributed by atoms with Crippen molar-refractivity contribution in [1.82, 2.24) is 19.2 Å². The average molecular weight is 640 g/mol. The van der Waals surface area contributed by atoms with E-state index in [0.717, 1.165) is 79.8 Å². The second-order valence-electron chi connectivity index (χ2n) is 14.6. The number of aryl methyl sites for hydroxylation is 1. The third kappa shape index (κ3) is 6.66. The second kappa shape index (κ2) is 13.3. The Morgan fingerprint density at radius 1 is 1.09 bits per heavy atom. The molecule has 8 nitrogen and oxygen atoms in total. The van der Waals surface area contributed by atoms with E-state index in [0.29, 0.717) is 6.61 Å². The maximum absolute atomic E-state index is 14.6. The Morgan fingerprint density at radius 3 is 2.47 bits per heavy atom. The van der Waals surface area contributed by atoms with E-state index in [1.807, 2.05) is 19.2 Å². The van der Waals surface area contributed by atoms with Crippen LogP contribution in [0.3, 0.4) is 0 Å². The first-order valence-electron chi connectivity index (χ1n) is 16.9. The molecule has 2 aromatic heterocycles. The van der Waals surface area contributed by atoms with Crippen LogP contribution in [-0.4, -0.2) is 59.3 Å². The minimum absolute atomic E-state index is 0.0380. The van der Waals surface area contributed by atoms with Crippen LogP contribution < -0.4 is 10.5 Å². The Labute approximate surface area is 269 Å². The Balaban J connectivity index is 1.50. The largest absolute Gasteiger partial charge is 0.413 e. The van der Waals surface area contributed by atoms with Crippen LogP contribution >= 0.6 is 0 Å². The summed E-state index contributed by atoms with van der Waals surface area (Å²) >= 11 is 0. The Hall–Kier alpha value is -2.53. The number of piperazine rings is 1. The fourth-order valence-corrected chi connectivity index (χ4v) is 7.75. The molecule has 2 aliphatic rings. The molecule has 45 heavy (non-hydrogen) atoms. The fraction of sp³-hybridized carbons (Fsp3) is 0.657. The van der Waals surface area contributed by atoms with E-state index < -0.39 is 8.32 Å². The van der Waals surface area contributed by atoms with Gasteiger partial charge in [-0.1, -0.05) is 40.7 Å². The smallest absolute Gasteiger partial charge is 0.250 e. The van der Waals surface area contributed by atoms with Gasteiger partial charge >= 0.3 is 0 Å². The van der Waals surface area contributed by atoms with E-state index in [1.165, 1.54) is 0 Å². The van der Waals surface area contributed by atoms with Gasteiger partial charge in [-0.3, -0.25) is 9.69 Å². The lowest BCUT2D eigenvalue weighted by Crippen LogP contribution is -2.59. The molecular formula is C35H54FN5O3Si. The molecule has 1 aromatic carbocycles. The van der Waals surface area contributed by atoms with Gasteiger partial charge in [0.2, 0.25) is 0 Å². The summed E-state index contributed by atoms with van der Waals surface area (Å²) in [5.74, 6) is 0.763. The van der Waals surface area contributed by atoms with Crippen LogP contribution in [0.15, 0.2) is 35.1 Å². The van der Waals surface area contributed by atoms with Crippen molar-refractivity contribution in [3.05, 3.63) is 57.6 Å². The lowest BCUT2D eigenvalue weighted by atomic mass is 9.94. The highest BCUT2D eigenvalue weighted by atomic mass is 28.4. The normalized spacial score (nSPS) is 22.7. The van der Waals surface area contributed by atoms with E-state index >= 15 is 0 Å². The maximum atomic E-state index is 14.6. The first kappa shape index (κ1) is 33.8. The third-order valence-electron chi connectivity index (χ3n) is 10.8. The number of fused-ring (bicyclic) bond motifs is 1. The SMILES string of the molecule is CC[C@H]1CN(C(C)c2ccc(F)cc2CO[Si](C)(C)C(C)(C)C)[C@H](CC)CN1c1c2c(ccc(=O)n2C)nn1C1CCCCO1. The van der Waals surface area contributed by atoms with Gasteiger partial charge < -0.3 is 18.6 Å². The summed E-state index contributed by atoms with van der Waals surface area (Å²) in [6, 6.07) is 9.19. The third-order valence-corrected chi connectivity index (χ3v) is 15.2. The minimum Gasteiger partial charge on any atom is -0.413 e. The van der Waals surface area contributed by atoms with E-state index in [4.69, 9.17) is 14.3 Å². The number of anilines is 1. The van der Waals surface area contributed by atoms with Gasteiger partial charge in [-0.2, -0.15) is 5.10 Å². The number of hydrogen-bond acceptors (Lipinski definition) is 6. The van der Waals surface area contributed by atoms with E-state index in [1.54, 1.807) is 22.8 Å². The molecule has 4 heterocycles. The highest BCUT2D eigenvalue weighted by Crippen LogP contribution is 2.40. The lowest BCUT2D eigenvalue weighted by Gasteiger charge is -2.50.